The number of nitrogens with one attached hydrogen (secondary N) is 1. The van der Waals surface area contributed by atoms with Crippen LogP contribution in [0.3, 0.4) is 0 Å². The van der Waals surface area contributed by atoms with Gasteiger partial charge >= 0.3 is 5.97 Å². The third kappa shape index (κ3) is 4.09. The molecule has 0 spiro atoms. The van der Waals surface area contributed by atoms with Crippen LogP contribution in [0.15, 0.2) is 23.1 Å². The second-order valence-corrected chi connectivity index (χ2v) is 6.22. The molecule has 0 aliphatic carbocycles. The second kappa shape index (κ2) is 6.92. The van der Waals surface area contributed by atoms with E-state index in [2.05, 4.69) is 4.72 Å². The zero-order valence-electron chi connectivity index (χ0n) is 11.1. The van der Waals surface area contributed by atoms with Crippen LogP contribution in [0.2, 0.25) is 5.02 Å². The lowest BCUT2D eigenvalue weighted by Crippen LogP contribution is -2.40. The van der Waals surface area contributed by atoms with Crippen molar-refractivity contribution in [1.82, 2.24) is 4.72 Å². The highest BCUT2D eigenvalue weighted by Gasteiger charge is 2.25. The minimum absolute atomic E-state index is 0.0962. The van der Waals surface area contributed by atoms with Gasteiger partial charge in [0.25, 0.3) is 0 Å². The van der Waals surface area contributed by atoms with Crippen LogP contribution in [0, 0.1) is 0 Å². The minimum Gasteiger partial charge on any atom is -0.495 e. The normalized spacial score (nSPS) is 12.9. The molecular weight excluding hydrogens is 306 g/mol. The average molecular weight is 322 g/mol. The van der Waals surface area contributed by atoms with E-state index < -0.39 is 22.0 Å². The zero-order valence-corrected chi connectivity index (χ0v) is 12.7. The lowest BCUT2D eigenvalue weighted by atomic mass is 10.2. The summed E-state index contributed by atoms with van der Waals surface area (Å²) >= 11 is 5.82. The molecule has 0 amide bonds. The molecule has 112 valence electrons. The third-order valence-corrected chi connectivity index (χ3v) is 4.39. The van der Waals surface area contributed by atoms with Gasteiger partial charge in [-0.05, 0) is 18.6 Å². The van der Waals surface area contributed by atoms with E-state index in [1.165, 1.54) is 25.3 Å². The van der Waals surface area contributed by atoms with Crippen molar-refractivity contribution in [2.45, 2.75) is 30.7 Å². The number of sulfonamides is 1. The Morgan fingerprint density at radius 3 is 2.65 bits per heavy atom. The van der Waals surface area contributed by atoms with Crippen molar-refractivity contribution in [2.24, 2.45) is 0 Å². The van der Waals surface area contributed by atoms with Crippen LogP contribution in [0.5, 0.6) is 5.75 Å². The van der Waals surface area contributed by atoms with Gasteiger partial charge in [-0.3, -0.25) is 4.79 Å². The van der Waals surface area contributed by atoms with Crippen molar-refractivity contribution < 1.29 is 23.1 Å². The summed E-state index contributed by atoms with van der Waals surface area (Å²) in [6.07, 6.45) is 0.753. The maximum absolute atomic E-state index is 12.1. The summed E-state index contributed by atoms with van der Waals surface area (Å²) in [6, 6.07) is 2.75. The van der Waals surface area contributed by atoms with Gasteiger partial charge in [0.05, 0.1) is 17.0 Å². The van der Waals surface area contributed by atoms with Crippen molar-refractivity contribution in [3.05, 3.63) is 23.2 Å². The molecule has 8 heteroatoms. The van der Waals surface area contributed by atoms with Crippen molar-refractivity contribution in [3.8, 4) is 5.75 Å². The molecule has 20 heavy (non-hydrogen) atoms. The van der Waals surface area contributed by atoms with Gasteiger partial charge in [-0.15, -0.1) is 0 Å². The summed E-state index contributed by atoms with van der Waals surface area (Å²) in [6.45, 7) is 1.77. The number of carboxylic acid groups (broad SMARTS) is 1. The fraction of sp³-hybridized carbons (Fsp3) is 0.417. The highest BCUT2D eigenvalue weighted by molar-refractivity contribution is 7.89. The number of hydrogen-bond acceptors (Lipinski definition) is 4. The molecule has 0 aromatic heterocycles. The first kappa shape index (κ1) is 16.7. The van der Waals surface area contributed by atoms with Gasteiger partial charge in [-0.25, -0.2) is 8.42 Å². The summed E-state index contributed by atoms with van der Waals surface area (Å²) < 4.78 is 31.4. The van der Waals surface area contributed by atoms with Gasteiger partial charge in [0.15, 0.2) is 0 Å². The number of rotatable bonds is 7. The standard InChI is InChI=1S/C12H16ClNO5S/c1-3-4-10(12(15)16)14-20(17,18)8-5-6-9(13)11(7-8)19-2/h5-7,10,14H,3-4H2,1-2H3,(H,15,16). The summed E-state index contributed by atoms with van der Waals surface area (Å²) in [5.41, 5.74) is 0. The second-order valence-electron chi connectivity index (χ2n) is 4.10. The van der Waals surface area contributed by atoms with Gasteiger partial charge in [-0.2, -0.15) is 4.72 Å². The predicted octanol–water partition coefficient (Wildman–Crippen LogP) is 1.88. The Morgan fingerprint density at radius 2 is 2.15 bits per heavy atom. The highest BCUT2D eigenvalue weighted by Crippen LogP contribution is 2.27. The number of ether oxygens (including phenoxy) is 1. The van der Waals surface area contributed by atoms with Crippen LogP contribution >= 0.6 is 11.6 Å². The molecule has 1 unspecified atom stereocenters. The van der Waals surface area contributed by atoms with Crippen LogP contribution < -0.4 is 9.46 Å². The molecule has 0 bridgehead atoms. The van der Waals surface area contributed by atoms with Crippen LogP contribution in [-0.2, 0) is 14.8 Å². The molecular formula is C12H16ClNO5S. The van der Waals surface area contributed by atoms with E-state index in [0.717, 1.165) is 0 Å². The van der Waals surface area contributed by atoms with Crippen molar-refractivity contribution in [2.75, 3.05) is 7.11 Å². The molecule has 0 heterocycles. The molecule has 2 N–H and O–H groups in total. The van der Waals surface area contributed by atoms with E-state index in [1.54, 1.807) is 6.92 Å². The number of aliphatic carboxylic acids is 1. The molecule has 0 radical (unpaired) electrons. The largest absolute Gasteiger partial charge is 0.495 e. The maximum Gasteiger partial charge on any atom is 0.321 e. The van der Waals surface area contributed by atoms with Gasteiger partial charge in [0, 0.05) is 6.07 Å². The van der Waals surface area contributed by atoms with Gasteiger partial charge in [0.1, 0.15) is 11.8 Å². The number of benzene rings is 1. The number of hydrogen-bond donors (Lipinski definition) is 2. The zero-order chi connectivity index (χ0) is 15.3. The number of carbonyl (C=O) groups is 1. The molecule has 0 aliphatic rings. The van der Waals surface area contributed by atoms with Crippen LogP contribution in [0.25, 0.3) is 0 Å². The Hall–Kier alpha value is -1.31. The Bertz CT molecular complexity index is 588. The Balaban J connectivity index is 3.07. The van der Waals surface area contributed by atoms with E-state index in [-0.39, 0.29) is 22.1 Å². The quantitative estimate of drug-likeness (QED) is 0.800. The van der Waals surface area contributed by atoms with E-state index in [0.29, 0.717) is 6.42 Å². The minimum atomic E-state index is -3.95. The summed E-state index contributed by atoms with van der Waals surface area (Å²) in [5, 5.41) is 9.26. The maximum atomic E-state index is 12.1. The SMILES string of the molecule is CCCC(NS(=O)(=O)c1ccc(Cl)c(OC)c1)C(=O)O. The summed E-state index contributed by atoms with van der Waals surface area (Å²) in [7, 11) is -2.58. The monoisotopic (exact) mass is 321 g/mol. The molecule has 0 fully saturated rings. The first-order chi connectivity index (χ1) is 9.31. The number of methoxy groups -OCH3 is 1. The Labute approximate surface area is 122 Å². The van der Waals surface area contributed by atoms with Gasteiger partial charge in [-0.1, -0.05) is 24.9 Å². The van der Waals surface area contributed by atoms with Crippen molar-refractivity contribution >= 4 is 27.6 Å². The Kier molecular flexibility index (Phi) is 5.79. The average Bonchev–Trinajstić information content (AvgIpc) is 2.38. The third-order valence-electron chi connectivity index (χ3n) is 2.61. The van der Waals surface area contributed by atoms with Crippen molar-refractivity contribution in [1.29, 1.82) is 0 Å². The van der Waals surface area contributed by atoms with Crippen LogP contribution in [-0.4, -0.2) is 32.6 Å². The molecule has 1 atom stereocenters. The van der Waals surface area contributed by atoms with E-state index >= 15 is 0 Å². The van der Waals surface area contributed by atoms with Crippen LogP contribution in [0.1, 0.15) is 19.8 Å². The number of carboxylic acids is 1. The van der Waals surface area contributed by atoms with Crippen LogP contribution in [0.4, 0.5) is 0 Å². The predicted molar refractivity (Wildman–Crippen MR) is 74.7 cm³/mol. The van der Waals surface area contributed by atoms with E-state index in [1.807, 2.05) is 0 Å². The fourth-order valence-corrected chi connectivity index (χ4v) is 3.02. The summed E-state index contributed by atoms with van der Waals surface area (Å²) in [5.74, 6) is -1.01. The molecule has 0 aliphatic heterocycles. The lowest BCUT2D eigenvalue weighted by Gasteiger charge is -2.14. The van der Waals surface area contributed by atoms with Crippen molar-refractivity contribution in [3.63, 3.8) is 0 Å². The molecule has 6 nitrogen and oxygen atoms in total. The molecule has 0 saturated heterocycles. The molecule has 1 aromatic rings. The van der Waals surface area contributed by atoms with Gasteiger partial charge in [0.2, 0.25) is 10.0 Å². The van der Waals surface area contributed by atoms with E-state index in [4.69, 9.17) is 21.4 Å². The molecule has 1 rings (SSSR count). The highest BCUT2D eigenvalue weighted by atomic mass is 35.5. The van der Waals surface area contributed by atoms with Gasteiger partial charge < -0.3 is 9.84 Å². The first-order valence-electron chi connectivity index (χ1n) is 5.90. The Morgan fingerprint density at radius 1 is 1.50 bits per heavy atom. The first-order valence-corrected chi connectivity index (χ1v) is 7.76. The van der Waals surface area contributed by atoms with E-state index in [9.17, 15) is 13.2 Å². The topological polar surface area (TPSA) is 92.7 Å². The smallest absolute Gasteiger partial charge is 0.321 e. The molecule has 1 aromatic carbocycles. The lowest BCUT2D eigenvalue weighted by molar-refractivity contribution is -0.139. The molecule has 0 saturated carbocycles. The fourth-order valence-electron chi connectivity index (χ4n) is 1.58. The number of halogens is 1. The summed E-state index contributed by atoms with van der Waals surface area (Å²) in [4.78, 5) is 10.9.